The number of rotatable bonds is 6. The molecule has 10 heteroatoms. The van der Waals surface area contributed by atoms with E-state index >= 15 is 0 Å². The summed E-state index contributed by atoms with van der Waals surface area (Å²) < 4.78 is 5.55. The maximum atomic E-state index is 13.6. The number of fused-ring (bicyclic) bond motifs is 6. The Balaban J connectivity index is 1.04. The highest BCUT2D eigenvalue weighted by Gasteiger charge is 2.30. The van der Waals surface area contributed by atoms with E-state index in [1.54, 1.807) is 0 Å². The first-order chi connectivity index (χ1) is 19.5. The number of amides is 1. The van der Waals surface area contributed by atoms with Crippen LogP contribution in [0.2, 0.25) is 0 Å². The second-order valence-electron chi connectivity index (χ2n) is 11.2. The molecule has 1 aliphatic carbocycles. The minimum Gasteiger partial charge on any atom is -0.461 e. The summed E-state index contributed by atoms with van der Waals surface area (Å²) in [5.74, 6) is -0.111. The fourth-order valence-corrected chi connectivity index (χ4v) is 6.76. The number of hydrogen-bond donors (Lipinski definition) is 3. The van der Waals surface area contributed by atoms with E-state index < -0.39 is 12.0 Å². The normalized spacial score (nSPS) is 19.9. The first kappa shape index (κ1) is 24.7. The van der Waals surface area contributed by atoms with Crippen LogP contribution in [-0.4, -0.2) is 52.5 Å². The Hall–Kier alpha value is -4.34. The van der Waals surface area contributed by atoms with E-state index in [1.807, 2.05) is 35.2 Å². The van der Waals surface area contributed by atoms with Crippen LogP contribution in [0.25, 0.3) is 21.8 Å². The van der Waals surface area contributed by atoms with Gasteiger partial charge in [-0.2, -0.15) is 0 Å². The number of esters is 1. The van der Waals surface area contributed by atoms with Crippen LogP contribution in [0.1, 0.15) is 64.2 Å². The molecule has 4 heterocycles. The fraction of sp³-hybridized carbons (Fsp3) is 0.400. The number of ether oxygens (including phenoxy) is 1. The Morgan fingerprint density at radius 2 is 1.68 bits per heavy atom. The zero-order valence-corrected chi connectivity index (χ0v) is 22.1. The lowest BCUT2D eigenvalue weighted by atomic mass is 9.84. The van der Waals surface area contributed by atoms with Gasteiger partial charge in [-0.15, -0.1) is 0 Å². The predicted octanol–water partition coefficient (Wildman–Crippen LogP) is 5.20. The van der Waals surface area contributed by atoms with Crippen LogP contribution < -0.4 is 10.2 Å². The van der Waals surface area contributed by atoms with Gasteiger partial charge in [0.05, 0.1) is 6.61 Å². The topological polar surface area (TPSA) is 133 Å². The molecular formula is C30H31N5O5. The molecule has 3 aliphatic rings. The van der Waals surface area contributed by atoms with E-state index in [0.29, 0.717) is 49.7 Å². The fourth-order valence-electron chi connectivity index (χ4n) is 6.76. The quantitative estimate of drug-likeness (QED) is 0.175. The van der Waals surface area contributed by atoms with Crippen LogP contribution in [0.4, 0.5) is 11.4 Å². The molecule has 4 aromatic rings. The molecule has 1 amide bonds. The highest BCUT2D eigenvalue weighted by molar-refractivity contribution is 6.11. The Kier molecular flexibility index (Phi) is 5.98. The molecule has 0 bridgehead atoms. The minimum absolute atomic E-state index is 0.0589. The minimum atomic E-state index is -0.432. The van der Waals surface area contributed by atoms with Gasteiger partial charge in [-0.25, -0.2) is 4.79 Å². The van der Waals surface area contributed by atoms with Crippen molar-refractivity contribution in [1.29, 1.82) is 0 Å². The van der Waals surface area contributed by atoms with Crippen molar-refractivity contribution in [1.82, 2.24) is 9.97 Å². The Labute approximate surface area is 230 Å². The monoisotopic (exact) mass is 541 g/mol. The number of aromatic amines is 2. The molecule has 7 rings (SSSR count). The maximum Gasteiger partial charge on any atom is 0.354 e. The van der Waals surface area contributed by atoms with Gasteiger partial charge in [-0.05, 0) is 85.5 Å². The van der Waals surface area contributed by atoms with Crippen molar-refractivity contribution < 1.29 is 19.2 Å². The predicted molar refractivity (Wildman–Crippen MR) is 152 cm³/mol. The Morgan fingerprint density at radius 1 is 0.950 bits per heavy atom. The van der Waals surface area contributed by atoms with Crippen molar-refractivity contribution in [2.75, 3.05) is 29.9 Å². The SMILES string of the molecule is O=C(OCCC1CCC([N+](=O)[O-])CC1)c1cc2c3c(ccc2[nH]1)N(C(=O)c1cc2c4c(ccc2[nH]1)NCC4)CC3. The molecule has 1 saturated carbocycles. The van der Waals surface area contributed by atoms with Crippen molar-refractivity contribution in [2.45, 2.75) is 51.0 Å². The standard InChI is InChI=1S/C30H31N5O5/c36-29(26-15-21-19-9-12-31-23(19)5-6-24(21)32-26)34-13-10-20-22-16-27(33-25(22)7-8-28(20)34)30(37)40-14-11-17-1-3-18(4-2-17)35(38)39/h5-8,15-18,31-33H,1-4,9-14H2. The number of aromatic nitrogens is 2. The van der Waals surface area contributed by atoms with Gasteiger partial charge >= 0.3 is 5.97 Å². The number of H-pyrrole nitrogens is 2. The summed E-state index contributed by atoms with van der Waals surface area (Å²) in [4.78, 5) is 45.5. The molecule has 0 spiro atoms. The zero-order chi connectivity index (χ0) is 27.4. The Bertz CT molecular complexity index is 1660. The van der Waals surface area contributed by atoms with Crippen molar-refractivity contribution in [2.24, 2.45) is 5.92 Å². The number of nitrogens with zero attached hydrogens (tertiary/aromatic N) is 2. The lowest BCUT2D eigenvalue weighted by molar-refractivity contribution is -0.527. The molecule has 2 aliphatic heterocycles. The van der Waals surface area contributed by atoms with Crippen molar-refractivity contribution in [3.05, 3.63) is 69.0 Å². The number of benzene rings is 2. The highest BCUT2D eigenvalue weighted by atomic mass is 16.6. The third kappa shape index (κ3) is 4.18. The largest absolute Gasteiger partial charge is 0.461 e. The molecule has 2 aromatic carbocycles. The molecular weight excluding hydrogens is 510 g/mol. The molecule has 3 N–H and O–H groups in total. The molecule has 0 saturated heterocycles. The van der Waals surface area contributed by atoms with Gasteiger partial charge in [0.1, 0.15) is 11.4 Å². The molecule has 10 nitrogen and oxygen atoms in total. The van der Waals surface area contributed by atoms with Crippen LogP contribution in [-0.2, 0) is 17.6 Å². The second-order valence-corrected chi connectivity index (χ2v) is 11.2. The van der Waals surface area contributed by atoms with E-state index in [1.165, 1.54) is 5.56 Å². The number of nitro groups is 1. The third-order valence-corrected chi connectivity index (χ3v) is 8.94. The number of anilines is 2. The van der Waals surface area contributed by atoms with Gasteiger partial charge in [0, 0.05) is 64.0 Å². The molecule has 0 unspecified atom stereocenters. The van der Waals surface area contributed by atoms with E-state index in [9.17, 15) is 19.7 Å². The first-order valence-corrected chi connectivity index (χ1v) is 14.1. The number of nitrogens with one attached hydrogen (secondary N) is 3. The molecule has 0 radical (unpaired) electrons. The van der Waals surface area contributed by atoms with Crippen LogP contribution in [0.5, 0.6) is 0 Å². The molecule has 0 atom stereocenters. The van der Waals surface area contributed by atoms with Crippen LogP contribution in [0.15, 0.2) is 36.4 Å². The van der Waals surface area contributed by atoms with E-state index in [-0.39, 0.29) is 10.8 Å². The summed E-state index contributed by atoms with van der Waals surface area (Å²) in [7, 11) is 0. The van der Waals surface area contributed by atoms with Gasteiger partial charge in [0.25, 0.3) is 5.91 Å². The van der Waals surface area contributed by atoms with Crippen LogP contribution in [0.3, 0.4) is 0 Å². The average Bonchev–Trinajstić information content (AvgIpc) is 3.75. The van der Waals surface area contributed by atoms with Gasteiger partial charge in [-0.1, -0.05) is 0 Å². The third-order valence-electron chi connectivity index (χ3n) is 8.94. The summed E-state index contributed by atoms with van der Waals surface area (Å²) in [6.45, 7) is 1.79. The molecule has 40 heavy (non-hydrogen) atoms. The number of carbonyl (C=O) groups excluding carboxylic acids is 2. The summed E-state index contributed by atoms with van der Waals surface area (Å²) >= 11 is 0. The van der Waals surface area contributed by atoms with Crippen molar-refractivity contribution >= 4 is 45.1 Å². The van der Waals surface area contributed by atoms with E-state index in [2.05, 4.69) is 21.4 Å². The first-order valence-electron chi connectivity index (χ1n) is 14.1. The zero-order valence-electron chi connectivity index (χ0n) is 22.1. The number of carbonyl (C=O) groups is 2. The van der Waals surface area contributed by atoms with Gasteiger partial charge < -0.3 is 24.9 Å². The highest BCUT2D eigenvalue weighted by Crippen LogP contribution is 2.37. The van der Waals surface area contributed by atoms with Gasteiger partial charge in [-0.3, -0.25) is 14.9 Å². The van der Waals surface area contributed by atoms with Crippen molar-refractivity contribution in [3.63, 3.8) is 0 Å². The molecule has 2 aromatic heterocycles. The van der Waals surface area contributed by atoms with Crippen LogP contribution in [0, 0.1) is 16.0 Å². The number of hydrogen-bond acceptors (Lipinski definition) is 6. The molecule has 206 valence electrons. The molecule has 1 fully saturated rings. The summed E-state index contributed by atoms with van der Waals surface area (Å²) in [6.07, 6.45) is 5.17. The lowest BCUT2D eigenvalue weighted by Gasteiger charge is -2.23. The lowest BCUT2D eigenvalue weighted by Crippen LogP contribution is -2.29. The smallest absolute Gasteiger partial charge is 0.354 e. The van der Waals surface area contributed by atoms with Gasteiger partial charge in [0.15, 0.2) is 0 Å². The van der Waals surface area contributed by atoms with E-state index in [0.717, 1.165) is 71.0 Å². The summed E-state index contributed by atoms with van der Waals surface area (Å²) in [5, 5.41) is 16.4. The van der Waals surface area contributed by atoms with E-state index in [4.69, 9.17) is 4.74 Å². The summed E-state index contributed by atoms with van der Waals surface area (Å²) in [5.41, 5.74) is 7.09. The Morgan fingerprint density at radius 3 is 2.48 bits per heavy atom. The van der Waals surface area contributed by atoms with Crippen LogP contribution >= 0.6 is 0 Å². The maximum absolute atomic E-state index is 13.6. The average molecular weight is 542 g/mol. The summed E-state index contributed by atoms with van der Waals surface area (Å²) in [6, 6.07) is 11.3. The van der Waals surface area contributed by atoms with Gasteiger partial charge in [0.2, 0.25) is 6.04 Å². The van der Waals surface area contributed by atoms with Crippen molar-refractivity contribution in [3.8, 4) is 0 Å². The second kappa shape index (κ2) is 9.69.